The fourth-order valence-corrected chi connectivity index (χ4v) is 8.42. The molecule has 2 aromatic carbocycles. The van der Waals surface area contributed by atoms with E-state index in [0.717, 1.165) is 44.9 Å². The summed E-state index contributed by atoms with van der Waals surface area (Å²) in [6.45, 7) is 4.53. The first-order chi connectivity index (χ1) is 16.5. The number of hydrogen-bond donors (Lipinski definition) is 2. The lowest BCUT2D eigenvalue weighted by Gasteiger charge is -2.58. The van der Waals surface area contributed by atoms with Gasteiger partial charge in [0.1, 0.15) is 11.9 Å². The summed E-state index contributed by atoms with van der Waals surface area (Å²) in [6.07, 6.45) is 6.50. The van der Waals surface area contributed by atoms with Gasteiger partial charge in [0.15, 0.2) is 0 Å². The van der Waals surface area contributed by atoms with E-state index in [4.69, 9.17) is 21.5 Å². The summed E-state index contributed by atoms with van der Waals surface area (Å²) in [5.74, 6) is 0.561. The molecule has 0 saturated heterocycles. The number of phenolic OH excluding ortho intramolecular Hbond substituents is 1. The molecule has 2 fully saturated rings. The van der Waals surface area contributed by atoms with Crippen molar-refractivity contribution in [3.8, 4) is 5.75 Å². The molecule has 5 atom stereocenters. The number of halogens is 1. The first-order valence-electron chi connectivity index (χ1n) is 12.3. The highest BCUT2D eigenvalue weighted by Crippen LogP contribution is 2.68. The number of aromatic hydroxyl groups is 1. The van der Waals surface area contributed by atoms with E-state index in [-0.39, 0.29) is 32.4 Å². The van der Waals surface area contributed by atoms with Gasteiger partial charge in [-0.25, -0.2) is 18.4 Å². The van der Waals surface area contributed by atoms with Crippen LogP contribution in [0.4, 0.5) is 0 Å². The topological polar surface area (TPSA) is 107 Å². The van der Waals surface area contributed by atoms with Gasteiger partial charge in [-0.3, -0.25) is 0 Å². The summed E-state index contributed by atoms with van der Waals surface area (Å²) in [6, 6.07) is 9.68. The van der Waals surface area contributed by atoms with Crippen LogP contribution in [0, 0.1) is 16.7 Å². The first-order valence-corrected chi connectivity index (χ1v) is 14.3. The van der Waals surface area contributed by atoms with Crippen LogP contribution in [0.1, 0.15) is 79.8 Å². The number of nitrogens with two attached hydrogens (primary N) is 1. The predicted molar refractivity (Wildman–Crippen MR) is 134 cm³/mol. The minimum absolute atomic E-state index is 0.0236. The monoisotopic (exact) mass is 517 g/mol. The molecule has 2 saturated carbocycles. The van der Waals surface area contributed by atoms with Gasteiger partial charge in [-0.05, 0) is 104 Å². The molecule has 8 heteroatoms. The van der Waals surface area contributed by atoms with Crippen molar-refractivity contribution in [3.63, 3.8) is 0 Å². The standard InChI is InChI=1S/C27H32ClNO5S/c1-3-27-13-10-16-14-17(30)4-6-19(16)21(27)11-12-26(2)23(27)8-9-24(26)34-25(31)20-15-18(35(29,32)33)5-7-22(20)28/h4-7,14-15,21,23-24,30H,3,8-13H2,1-2H3,(H2,29,32,33)/t21-,23-,24+,26+,27-/m1/s1. The molecule has 0 aromatic heterocycles. The van der Waals surface area contributed by atoms with Crippen molar-refractivity contribution in [1.82, 2.24) is 0 Å². The smallest absolute Gasteiger partial charge is 0.339 e. The van der Waals surface area contributed by atoms with Crippen LogP contribution in [0.3, 0.4) is 0 Å². The minimum atomic E-state index is -3.97. The Balaban J connectivity index is 1.43. The molecule has 2 aromatic rings. The average Bonchev–Trinajstić information content (AvgIpc) is 3.14. The van der Waals surface area contributed by atoms with Gasteiger partial charge in [0.25, 0.3) is 0 Å². The van der Waals surface area contributed by atoms with Crippen LogP contribution in [-0.4, -0.2) is 25.6 Å². The van der Waals surface area contributed by atoms with Gasteiger partial charge >= 0.3 is 5.97 Å². The summed E-state index contributed by atoms with van der Waals surface area (Å²) >= 11 is 6.24. The van der Waals surface area contributed by atoms with Crippen LogP contribution in [0.5, 0.6) is 5.75 Å². The molecular weight excluding hydrogens is 486 g/mol. The second-order valence-electron chi connectivity index (χ2n) is 10.8. The Morgan fingerprint density at radius 1 is 1.17 bits per heavy atom. The van der Waals surface area contributed by atoms with Crippen molar-refractivity contribution in [2.75, 3.05) is 0 Å². The summed E-state index contributed by atoms with van der Waals surface area (Å²) in [5, 5.41) is 15.4. The Hall–Kier alpha value is -2.09. The Morgan fingerprint density at radius 3 is 2.66 bits per heavy atom. The fourth-order valence-electron chi connectivity index (χ4n) is 7.69. The van der Waals surface area contributed by atoms with Crippen molar-refractivity contribution in [3.05, 3.63) is 58.1 Å². The molecule has 0 unspecified atom stereocenters. The molecule has 3 aliphatic rings. The highest BCUT2D eigenvalue weighted by atomic mass is 35.5. The highest BCUT2D eigenvalue weighted by Gasteiger charge is 2.62. The molecule has 188 valence electrons. The Labute approximate surface area is 211 Å². The number of hydrogen-bond acceptors (Lipinski definition) is 5. The van der Waals surface area contributed by atoms with Crippen molar-refractivity contribution in [1.29, 1.82) is 0 Å². The maximum absolute atomic E-state index is 13.2. The predicted octanol–water partition coefficient (Wildman–Crippen LogP) is 5.55. The van der Waals surface area contributed by atoms with E-state index >= 15 is 0 Å². The third kappa shape index (κ3) is 3.87. The second kappa shape index (κ2) is 8.49. The molecular formula is C27H32ClNO5S. The third-order valence-corrected chi connectivity index (χ3v) is 10.6. The Bertz CT molecular complexity index is 1290. The molecule has 6 nitrogen and oxygen atoms in total. The molecule has 35 heavy (non-hydrogen) atoms. The number of rotatable bonds is 4. The van der Waals surface area contributed by atoms with Crippen LogP contribution < -0.4 is 5.14 Å². The van der Waals surface area contributed by atoms with Gasteiger partial charge < -0.3 is 9.84 Å². The van der Waals surface area contributed by atoms with Crippen molar-refractivity contribution < 1.29 is 23.1 Å². The number of benzene rings is 2. The molecule has 0 radical (unpaired) electrons. The maximum atomic E-state index is 13.2. The van der Waals surface area contributed by atoms with Crippen molar-refractivity contribution in [2.24, 2.45) is 21.9 Å². The van der Waals surface area contributed by atoms with Gasteiger partial charge in [0, 0.05) is 5.41 Å². The number of fused-ring (bicyclic) bond motifs is 5. The van der Waals surface area contributed by atoms with E-state index in [2.05, 4.69) is 19.9 Å². The molecule has 3 aliphatic carbocycles. The van der Waals surface area contributed by atoms with E-state index < -0.39 is 16.0 Å². The zero-order valence-corrected chi connectivity index (χ0v) is 21.7. The van der Waals surface area contributed by atoms with Gasteiger partial charge in [-0.15, -0.1) is 0 Å². The molecule has 0 heterocycles. The van der Waals surface area contributed by atoms with E-state index in [0.29, 0.717) is 17.6 Å². The molecule has 0 spiro atoms. The summed E-state index contributed by atoms with van der Waals surface area (Å²) in [4.78, 5) is 13.0. The lowest BCUT2D eigenvalue weighted by molar-refractivity contribution is -0.0842. The van der Waals surface area contributed by atoms with Gasteiger partial charge in [-0.1, -0.05) is 31.5 Å². The molecule has 0 aliphatic heterocycles. The fraction of sp³-hybridized carbons (Fsp3) is 0.519. The van der Waals surface area contributed by atoms with Gasteiger partial charge in [0.2, 0.25) is 10.0 Å². The van der Waals surface area contributed by atoms with Crippen molar-refractivity contribution >= 4 is 27.6 Å². The number of phenols is 1. The minimum Gasteiger partial charge on any atom is -0.508 e. The van der Waals surface area contributed by atoms with Gasteiger partial charge in [0.05, 0.1) is 15.5 Å². The van der Waals surface area contributed by atoms with E-state index in [9.17, 15) is 18.3 Å². The highest BCUT2D eigenvalue weighted by molar-refractivity contribution is 7.89. The molecule has 0 amide bonds. The van der Waals surface area contributed by atoms with Crippen LogP contribution in [0.2, 0.25) is 5.02 Å². The lowest BCUT2D eigenvalue weighted by atomic mass is 9.46. The summed E-state index contributed by atoms with van der Waals surface area (Å²) in [5.41, 5.74) is 2.61. The quantitative estimate of drug-likeness (QED) is 0.517. The Morgan fingerprint density at radius 2 is 1.94 bits per heavy atom. The summed E-state index contributed by atoms with van der Waals surface area (Å²) in [7, 11) is -3.97. The molecule has 0 bridgehead atoms. The largest absolute Gasteiger partial charge is 0.508 e. The third-order valence-electron chi connectivity index (χ3n) is 9.36. The first kappa shape index (κ1) is 24.6. The van der Waals surface area contributed by atoms with Crippen LogP contribution in [0.15, 0.2) is 41.3 Å². The van der Waals surface area contributed by atoms with E-state index in [1.54, 1.807) is 6.07 Å². The number of esters is 1. The zero-order valence-electron chi connectivity index (χ0n) is 20.1. The second-order valence-corrected chi connectivity index (χ2v) is 12.7. The molecule has 5 rings (SSSR count). The number of aryl methyl sites for hydroxylation is 1. The normalized spacial score (nSPS) is 31.8. The van der Waals surface area contributed by atoms with Crippen molar-refractivity contribution in [2.45, 2.75) is 75.7 Å². The van der Waals surface area contributed by atoms with E-state index in [1.165, 1.54) is 29.3 Å². The SMILES string of the molecule is CC[C@@]12CCc3cc(O)ccc3[C@H]1CC[C@]1(C)[C@@H](OC(=O)c3cc(S(N)(=O)=O)ccc3Cl)CC[C@H]12. The Kier molecular flexibility index (Phi) is 5.97. The lowest BCUT2D eigenvalue weighted by Crippen LogP contribution is -2.52. The number of primary sulfonamides is 1. The number of carbonyl (C=O) groups is 1. The zero-order chi connectivity index (χ0) is 25.2. The maximum Gasteiger partial charge on any atom is 0.339 e. The number of ether oxygens (including phenoxy) is 1. The van der Waals surface area contributed by atoms with Crippen LogP contribution in [-0.2, 0) is 21.2 Å². The van der Waals surface area contributed by atoms with Crippen LogP contribution in [0.25, 0.3) is 0 Å². The van der Waals surface area contributed by atoms with Gasteiger partial charge in [-0.2, -0.15) is 0 Å². The number of sulfonamides is 1. The average molecular weight is 518 g/mol. The van der Waals surface area contributed by atoms with Crippen LogP contribution >= 0.6 is 11.6 Å². The number of carbonyl (C=O) groups excluding carboxylic acids is 1. The van der Waals surface area contributed by atoms with E-state index in [1.807, 2.05) is 6.07 Å². The summed E-state index contributed by atoms with van der Waals surface area (Å²) < 4.78 is 29.6. The molecule has 3 N–H and O–H groups in total.